The molecule has 0 radical (unpaired) electrons. The number of aryl methyl sites for hydroxylation is 2. The summed E-state index contributed by atoms with van der Waals surface area (Å²) >= 11 is 0. The molecule has 0 aliphatic carbocycles. The molecule has 0 spiro atoms. The van der Waals surface area contributed by atoms with Crippen LogP contribution in [0, 0.1) is 19.3 Å². The number of anilines is 1. The molecule has 11 nitrogen and oxygen atoms in total. The van der Waals surface area contributed by atoms with Gasteiger partial charge < -0.3 is 14.4 Å². The largest absolute Gasteiger partial charge is 0.475 e. The van der Waals surface area contributed by atoms with Crippen molar-refractivity contribution in [2.75, 3.05) is 17.9 Å². The zero-order valence-corrected chi connectivity index (χ0v) is 27.5. The van der Waals surface area contributed by atoms with Gasteiger partial charge >= 0.3 is 0 Å². The fourth-order valence-corrected chi connectivity index (χ4v) is 6.94. The van der Waals surface area contributed by atoms with Gasteiger partial charge in [-0.25, -0.2) is 28.1 Å². The van der Waals surface area contributed by atoms with Crippen molar-refractivity contribution < 1.29 is 22.7 Å². The van der Waals surface area contributed by atoms with Crippen LogP contribution in [0.25, 0.3) is 11.3 Å². The number of ether oxygens (including phenoxy) is 2. The number of carbonyl (C=O) groups is 1. The van der Waals surface area contributed by atoms with Crippen molar-refractivity contribution in [1.82, 2.24) is 24.8 Å². The molecule has 0 unspecified atom stereocenters. The van der Waals surface area contributed by atoms with Crippen molar-refractivity contribution in [3.05, 3.63) is 88.5 Å². The van der Waals surface area contributed by atoms with Crippen LogP contribution < -0.4 is 9.46 Å². The molecule has 2 aliphatic rings. The normalized spacial score (nSPS) is 17.9. The lowest BCUT2D eigenvalue weighted by molar-refractivity contribution is 0.0503. The molecular formula is C34H38N6O5S. The van der Waals surface area contributed by atoms with Gasteiger partial charge in [0.05, 0.1) is 42.1 Å². The highest BCUT2D eigenvalue weighted by molar-refractivity contribution is 7.92. The van der Waals surface area contributed by atoms with Gasteiger partial charge in [0.2, 0.25) is 11.8 Å². The molecule has 2 aromatic heterocycles. The standard InChI is InChI=1S/C34H38N6O5S/c1-21-8-6-9-22(2)31(21)28-15-30-38-33(37-28)39-46(42,43)26-11-7-10-23(14-26)32(41)40(25(20-45-30)16-34(3,4)5)18-29-35-17-24-19-44-13-12-27(24)36-29/h6-11,14-15,17,25H,12-13,16,18-20H2,1-5H3,(H,37,38,39)/t25-/m1/s1. The zero-order chi connectivity index (χ0) is 32.6. The van der Waals surface area contributed by atoms with Crippen molar-refractivity contribution in [2.45, 2.75) is 71.5 Å². The number of aromatic nitrogens is 4. The Labute approximate surface area is 269 Å². The van der Waals surface area contributed by atoms with Crippen LogP contribution in [0.4, 0.5) is 5.95 Å². The van der Waals surface area contributed by atoms with Crippen LogP contribution >= 0.6 is 0 Å². The lowest BCUT2D eigenvalue weighted by Gasteiger charge is -2.35. The van der Waals surface area contributed by atoms with Crippen LogP contribution in [0.2, 0.25) is 0 Å². The number of nitrogens with zero attached hydrogens (tertiary/aromatic N) is 5. The van der Waals surface area contributed by atoms with Gasteiger partial charge in [0.25, 0.3) is 15.9 Å². The van der Waals surface area contributed by atoms with E-state index in [-0.39, 0.29) is 46.8 Å². The summed E-state index contributed by atoms with van der Waals surface area (Å²) in [5.74, 6) is 0.201. The van der Waals surface area contributed by atoms with E-state index in [1.165, 1.54) is 12.1 Å². The molecule has 0 saturated carbocycles. The Kier molecular flexibility index (Phi) is 8.51. The molecule has 0 fully saturated rings. The van der Waals surface area contributed by atoms with Crippen LogP contribution in [0.1, 0.15) is 65.8 Å². The lowest BCUT2D eigenvalue weighted by Crippen LogP contribution is -2.45. The topological polar surface area (TPSA) is 136 Å². The maximum Gasteiger partial charge on any atom is 0.264 e. The molecule has 2 aliphatic heterocycles. The highest BCUT2D eigenvalue weighted by Gasteiger charge is 2.32. The fraction of sp³-hybridized carbons (Fsp3) is 0.382. The Hall–Kier alpha value is -4.42. The minimum atomic E-state index is -4.17. The Morgan fingerprint density at radius 2 is 1.78 bits per heavy atom. The van der Waals surface area contributed by atoms with E-state index in [0.29, 0.717) is 37.6 Å². The number of sulfonamides is 1. The first-order valence-electron chi connectivity index (χ1n) is 15.3. The third-order valence-corrected chi connectivity index (χ3v) is 9.41. The molecule has 0 saturated heterocycles. The van der Waals surface area contributed by atoms with Gasteiger partial charge in [0.1, 0.15) is 12.4 Å². The van der Waals surface area contributed by atoms with Crippen molar-refractivity contribution >= 4 is 21.9 Å². The van der Waals surface area contributed by atoms with Crippen molar-refractivity contribution in [3.63, 3.8) is 0 Å². The Morgan fingerprint density at radius 3 is 2.54 bits per heavy atom. The first-order valence-corrected chi connectivity index (χ1v) is 16.8. The molecule has 2 aromatic carbocycles. The van der Waals surface area contributed by atoms with E-state index < -0.39 is 16.1 Å². The molecule has 1 amide bonds. The summed E-state index contributed by atoms with van der Waals surface area (Å²) in [5.41, 5.74) is 5.20. The minimum Gasteiger partial charge on any atom is -0.475 e. The van der Waals surface area contributed by atoms with Crippen molar-refractivity contribution in [3.8, 4) is 17.1 Å². The summed E-state index contributed by atoms with van der Waals surface area (Å²) in [6, 6.07) is 13.2. The smallest absolute Gasteiger partial charge is 0.264 e. The fourth-order valence-electron chi connectivity index (χ4n) is 5.95. The van der Waals surface area contributed by atoms with E-state index >= 15 is 0 Å². The summed E-state index contributed by atoms with van der Waals surface area (Å²) in [7, 11) is -4.17. The number of fused-ring (bicyclic) bond motifs is 5. The van der Waals surface area contributed by atoms with E-state index in [4.69, 9.17) is 14.5 Å². The van der Waals surface area contributed by atoms with Crippen molar-refractivity contribution in [1.29, 1.82) is 0 Å². The monoisotopic (exact) mass is 642 g/mol. The highest BCUT2D eigenvalue weighted by atomic mass is 32.2. The molecule has 1 atom stereocenters. The summed E-state index contributed by atoms with van der Waals surface area (Å²) < 4.78 is 41.7. The zero-order valence-electron chi connectivity index (χ0n) is 26.7. The Bertz CT molecular complexity index is 1890. The van der Waals surface area contributed by atoms with Gasteiger partial charge in [-0.15, -0.1) is 0 Å². The van der Waals surface area contributed by atoms with Crippen LogP contribution in [-0.4, -0.2) is 58.4 Å². The lowest BCUT2D eigenvalue weighted by atomic mass is 9.87. The van der Waals surface area contributed by atoms with Gasteiger partial charge in [-0.05, 0) is 55.0 Å². The van der Waals surface area contributed by atoms with E-state index in [1.807, 2.05) is 32.0 Å². The van der Waals surface area contributed by atoms with Crippen LogP contribution in [-0.2, 0) is 34.3 Å². The molecule has 1 N–H and O–H groups in total. The van der Waals surface area contributed by atoms with Gasteiger partial charge in [-0.2, -0.15) is 4.98 Å². The average Bonchev–Trinajstić information content (AvgIpc) is 3.00. The molecule has 240 valence electrons. The number of benzene rings is 2. The number of amides is 1. The summed E-state index contributed by atoms with van der Waals surface area (Å²) in [5, 5.41) is 0. The quantitative estimate of drug-likeness (QED) is 0.316. The van der Waals surface area contributed by atoms with E-state index in [2.05, 4.69) is 40.4 Å². The number of nitrogens with one attached hydrogen (secondary N) is 1. The van der Waals surface area contributed by atoms with E-state index in [9.17, 15) is 13.2 Å². The van der Waals surface area contributed by atoms with Crippen LogP contribution in [0.5, 0.6) is 5.88 Å². The molecule has 6 rings (SSSR count). The molecule has 4 bridgehead atoms. The first-order chi connectivity index (χ1) is 21.9. The summed E-state index contributed by atoms with van der Waals surface area (Å²) in [6.45, 7) is 11.5. The van der Waals surface area contributed by atoms with Crippen molar-refractivity contribution in [2.24, 2.45) is 5.41 Å². The minimum absolute atomic E-state index is 0.0847. The predicted molar refractivity (Wildman–Crippen MR) is 173 cm³/mol. The van der Waals surface area contributed by atoms with E-state index in [1.54, 1.807) is 29.3 Å². The second kappa shape index (κ2) is 12.4. The maximum atomic E-state index is 14.4. The van der Waals surface area contributed by atoms with Gasteiger partial charge in [0, 0.05) is 35.4 Å². The predicted octanol–water partition coefficient (Wildman–Crippen LogP) is 5.26. The second-order valence-electron chi connectivity index (χ2n) is 13.0. The number of carbonyl (C=O) groups excluding carboxylic acids is 1. The van der Waals surface area contributed by atoms with Crippen LogP contribution in [0.3, 0.4) is 0 Å². The highest BCUT2D eigenvalue weighted by Crippen LogP contribution is 2.31. The molecular weight excluding hydrogens is 604 g/mol. The third kappa shape index (κ3) is 6.87. The number of hydrogen-bond acceptors (Lipinski definition) is 9. The second-order valence-corrected chi connectivity index (χ2v) is 14.7. The first kappa shape index (κ1) is 31.6. The van der Waals surface area contributed by atoms with Gasteiger partial charge in [-0.3, -0.25) is 4.79 Å². The maximum absolute atomic E-state index is 14.4. The molecule has 4 heterocycles. The Morgan fingerprint density at radius 1 is 1.02 bits per heavy atom. The van der Waals surface area contributed by atoms with Gasteiger partial charge in [0.15, 0.2) is 0 Å². The van der Waals surface area contributed by atoms with E-state index in [0.717, 1.165) is 27.9 Å². The van der Waals surface area contributed by atoms with Gasteiger partial charge in [-0.1, -0.05) is 45.0 Å². The SMILES string of the molecule is Cc1cccc(C)c1-c1cc2nc(n1)NS(=O)(=O)c1cccc(c1)C(=O)N(Cc1ncc3c(n1)CCOC3)[C@H](CC(C)(C)C)CO2. The molecule has 46 heavy (non-hydrogen) atoms. The molecule has 12 heteroatoms. The number of hydrogen-bond donors (Lipinski definition) is 1. The summed E-state index contributed by atoms with van der Waals surface area (Å²) in [6.07, 6.45) is 3.00. The molecule has 4 aromatic rings. The third-order valence-electron chi connectivity index (χ3n) is 8.09. The average molecular weight is 643 g/mol. The summed E-state index contributed by atoms with van der Waals surface area (Å²) in [4.78, 5) is 34.4. The Balaban J connectivity index is 1.48. The number of rotatable bonds is 4. The van der Waals surface area contributed by atoms with Crippen LogP contribution in [0.15, 0.2) is 59.6 Å².